The van der Waals surface area contributed by atoms with E-state index in [4.69, 9.17) is 9.72 Å². The lowest BCUT2D eigenvalue weighted by Crippen LogP contribution is -2.48. The van der Waals surface area contributed by atoms with Crippen molar-refractivity contribution >= 4 is 17.2 Å². The summed E-state index contributed by atoms with van der Waals surface area (Å²) in [7, 11) is 0. The minimum Gasteiger partial charge on any atom is -0.383 e. The van der Waals surface area contributed by atoms with Gasteiger partial charge in [0.15, 0.2) is 0 Å². The smallest absolute Gasteiger partial charge is 0.225 e. The van der Waals surface area contributed by atoms with E-state index < -0.39 is 5.60 Å². The molecule has 0 saturated carbocycles. The number of amides is 1. The lowest BCUT2D eigenvalue weighted by molar-refractivity contribution is -0.143. The number of carbonyl (C=O) groups is 1. The van der Waals surface area contributed by atoms with E-state index in [1.54, 1.807) is 11.3 Å². The summed E-state index contributed by atoms with van der Waals surface area (Å²) in [6.07, 6.45) is 2.77. The maximum Gasteiger partial charge on any atom is 0.225 e. The van der Waals surface area contributed by atoms with Gasteiger partial charge in [-0.2, -0.15) is 0 Å². The highest BCUT2D eigenvalue weighted by Crippen LogP contribution is 2.34. The summed E-state index contributed by atoms with van der Waals surface area (Å²) in [6, 6.07) is 0. The highest BCUT2D eigenvalue weighted by Gasteiger charge is 2.38. The number of likely N-dealkylation sites (tertiary alicyclic amines) is 1. The summed E-state index contributed by atoms with van der Waals surface area (Å²) in [6.45, 7) is 9.71. The lowest BCUT2D eigenvalue weighted by Gasteiger charge is -2.39. The predicted octanol–water partition coefficient (Wildman–Crippen LogP) is 2.22. The van der Waals surface area contributed by atoms with E-state index in [0.29, 0.717) is 39.1 Å². The van der Waals surface area contributed by atoms with Gasteiger partial charge in [-0.15, -0.1) is 11.3 Å². The van der Waals surface area contributed by atoms with Crippen LogP contribution in [0.3, 0.4) is 0 Å². The number of thiazole rings is 1. The summed E-state index contributed by atoms with van der Waals surface area (Å²) >= 11 is 1.62. The van der Waals surface area contributed by atoms with Crippen LogP contribution < -0.4 is 0 Å². The molecule has 2 aliphatic heterocycles. The zero-order valence-corrected chi connectivity index (χ0v) is 16.8. The molecule has 0 bridgehead atoms. The van der Waals surface area contributed by atoms with Crippen molar-refractivity contribution in [1.29, 1.82) is 0 Å². The third kappa shape index (κ3) is 4.44. The molecule has 1 aromatic heterocycles. The van der Waals surface area contributed by atoms with E-state index >= 15 is 0 Å². The quantitative estimate of drug-likeness (QED) is 0.818. The first-order chi connectivity index (χ1) is 12.6. The van der Waals surface area contributed by atoms with Crippen LogP contribution in [0.2, 0.25) is 0 Å². The average molecular weight is 382 g/mol. The van der Waals surface area contributed by atoms with Gasteiger partial charge in [0, 0.05) is 37.6 Å². The second kappa shape index (κ2) is 8.78. The van der Waals surface area contributed by atoms with Crippen molar-refractivity contribution in [3.8, 4) is 0 Å². The average Bonchev–Trinajstić information content (AvgIpc) is 3.16. The van der Waals surface area contributed by atoms with Gasteiger partial charge in [0.2, 0.25) is 5.91 Å². The molecule has 3 heterocycles. The van der Waals surface area contributed by atoms with Crippen LogP contribution in [-0.2, 0) is 21.7 Å². The van der Waals surface area contributed by atoms with Gasteiger partial charge in [-0.05, 0) is 38.8 Å². The highest BCUT2D eigenvalue weighted by atomic mass is 32.1. The van der Waals surface area contributed by atoms with Gasteiger partial charge in [-0.3, -0.25) is 9.69 Å². The van der Waals surface area contributed by atoms with E-state index in [-0.39, 0.29) is 11.8 Å². The second-order valence-electron chi connectivity index (χ2n) is 7.33. The summed E-state index contributed by atoms with van der Waals surface area (Å²) in [4.78, 5) is 21.6. The van der Waals surface area contributed by atoms with Gasteiger partial charge in [-0.1, -0.05) is 13.8 Å². The van der Waals surface area contributed by atoms with E-state index in [0.717, 1.165) is 43.2 Å². The number of aromatic nitrogens is 1. The van der Waals surface area contributed by atoms with Crippen molar-refractivity contribution in [2.45, 2.75) is 51.7 Å². The molecule has 0 spiro atoms. The normalized spacial score (nSPS) is 21.3. The van der Waals surface area contributed by atoms with E-state index in [1.165, 1.54) is 0 Å². The standard InChI is InChI=1S/C19H31N3O3S/c1-3-21(4-2)13-17-20-16(14-26-17)19(24)7-9-22(10-8-19)18(23)15-5-11-25-12-6-15/h14-15,24H,3-13H2,1-2H3. The zero-order chi connectivity index (χ0) is 18.6. The van der Waals surface area contributed by atoms with E-state index in [9.17, 15) is 9.90 Å². The molecule has 0 aromatic carbocycles. The molecule has 2 fully saturated rings. The van der Waals surface area contributed by atoms with Crippen molar-refractivity contribution in [1.82, 2.24) is 14.8 Å². The Morgan fingerprint density at radius 1 is 1.35 bits per heavy atom. The third-order valence-corrected chi connectivity index (χ3v) is 6.59. The summed E-state index contributed by atoms with van der Waals surface area (Å²) in [5.41, 5.74) is -0.118. The van der Waals surface area contributed by atoms with Crippen LogP contribution >= 0.6 is 11.3 Å². The number of piperidine rings is 1. The fourth-order valence-electron chi connectivity index (χ4n) is 3.79. The van der Waals surface area contributed by atoms with Gasteiger partial charge in [0.25, 0.3) is 0 Å². The maximum absolute atomic E-state index is 12.7. The Labute approximate surface area is 160 Å². The SMILES string of the molecule is CCN(CC)Cc1nc(C2(O)CCN(C(=O)C3CCOCC3)CC2)cs1. The van der Waals surface area contributed by atoms with Crippen molar-refractivity contribution in [3.63, 3.8) is 0 Å². The van der Waals surface area contributed by atoms with Crippen molar-refractivity contribution < 1.29 is 14.6 Å². The second-order valence-corrected chi connectivity index (χ2v) is 8.27. The molecule has 6 nitrogen and oxygen atoms in total. The molecule has 7 heteroatoms. The first-order valence-corrected chi connectivity index (χ1v) is 10.7. The number of aliphatic hydroxyl groups is 1. The van der Waals surface area contributed by atoms with Crippen molar-refractivity contribution in [2.75, 3.05) is 39.4 Å². The number of ether oxygens (including phenoxy) is 1. The topological polar surface area (TPSA) is 65.9 Å². The Morgan fingerprint density at radius 2 is 2.00 bits per heavy atom. The maximum atomic E-state index is 12.7. The molecule has 3 rings (SSSR count). The molecule has 1 amide bonds. The molecular formula is C19H31N3O3S. The van der Waals surface area contributed by atoms with Crippen LogP contribution in [0.1, 0.15) is 50.2 Å². The van der Waals surface area contributed by atoms with Gasteiger partial charge in [0.1, 0.15) is 10.6 Å². The number of hydrogen-bond acceptors (Lipinski definition) is 6. The molecule has 1 N–H and O–H groups in total. The first-order valence-electron chi connectivity index (χ1n) is 9.82. The van der Waals surface area contributed by atoms with Crippen LogP contribution in [0.25, 0.3) is 0 Å². The van der Waals surface area contributed by atoms with E-state index in [1.807, 2.05) is 10.3 Å². The lowest BCUT2D eigenvalue weighted by atomic mass is 9.87. The van der Waals surface area contributed by atoms with Gasteiger partial charge < -0.3 is 14.7 Å². The van der Waals surface area contributed by atoms with Crippen LogP contribution in [0, 0.1) is 5.92 Å². The summed E-state index contributed by atoms with van der Waals surface area (Å²) < 4.78 is 5.35. The third-order valence-electron chi connectivity index (χ3n) is 5.75. The number of hydrogen-bond donors (Lipinski definition) is 1. The van der Waals surface area contributed by atoms with E-state index in [2.05, 4.69) is 18.7 Å². The summed E-state index contributed by atoms with van der Waals surface area (Å²) in [5, 5.41) is 14.1. The van der Waals surface area contributed by atoms with Crippen LogP contribution in [-0.4, -0.2) is 65.2 Å². The molecule has 2 saturated heterocycles. The number of rotatable bonds is 6. The molecular weight excluding hydrogens is 350 g/mol. The number of nitrogens with zero attached hydrogens (tertiary/aromatic N) is 3. The molecule has 146 valence electrons. The van der Waals surface area contributed by atoms with Gasteiger partial charge >= 0.3 is 0 Å². The molecule has 26 heavy (non-hydrogen) atoms. The Balaban J connectivity index is 1.57. The predicted molar refractivity (Wildman–Crippen MR) is 102 cm³/mol. The monoisotopic (exact) mass is 381 g/mol. The Kier molecular flexibility index (Phi) is 6.66. The molecule has 0 unspecified atom stereocenters. The molecule has 0 atom stereocenters. The van der Waals surface area contributed by atoms with Crippen LogP contribution in [0.15, 0.2) is 5.38 Å². The first kappa shape index (κ1) is 19.7. The molecule has 0 radical (unpaired) electrons. The molecule has 2 aliphatic rings. The zero-order valence-electron chi connectivity index (χ0n) is 15.9. The Hall–Kier alpha value is -1.02. The largest absolute Gasteiger partial charge is 0.383 e. The van der Waals surface area contributed by atoms with Crippen molar-refractivity contribution in [3.05, 3.63) is 16.1 Å². The highest BCUT2D eigenvalue weighted by molar-refractivity contribution is 7.09. The van der Waals surface area contributed by atoms with Crippen LogP contribution in [0.5, 0.6) is 0 Å². The van der Waals surface area contributed by atoms with Crippen LogP contribution in [0.4, 0.5) is 0 Å². The molecule has 0 aliphatic carbocycles. The summed E-state index contributed by atoms with van der Waals surface area (Å²) in [5.74, 6) is 0.325. The fourth-order valence-corrected chi connectivity index (χ4v) is 4.72. The van der Waals surface area contributed by atoms with Gasteiger partial charge in [-0.25, -0.2) is 4.98 Å². The van der Waals surface area contributed by atoms with Crippen molar-refractivity contribution in [2.24, 2.45) is 5.92 Å². The Morgan fingerprint density at radius 3 is 2.62 bits per heavy atom. The minimum atomic E-state index is -0.898. The number of carbonyl (C=O) groups excluding carboxylic acids is 1. The molecule has 1 aromatic rings. The van der Waals surface area contributed by atoms with Gasteiger partial charge in [0.05, 0.1) is 12.2 Å². The minimum absolute atomic E-state index is 0.0925. The Bertz CT molecular complexity index is 589. The fraction of sp³-hybridized carbons (Fsp3) is 0.789.